The van der Waals surface area contributed by atoms with Crippen molar-refractivity contribution in [3.8, 4) is 0 Å². The van der Waals surface area contributed by atoms with Crippen LogP contribution in [0.15, 0.2) is 57.2 Å². The van der Waals surface area contributed by atoms with E-state index < -0.39 is 0 Å². The van der Waals surface area contributed by atoms with Crippen molar-refractivity contribution >= 4 is 39.1 Å². The van der Waals surface area contributed by atoms with Crippen molar-refractivity contribution in [3.63, 3.8) is 0 Å². The number of nitrogens with one attached hydrogen (secondary N) is 1. The molecule has 2 aliphatic rings. The first kappa shape index (κ1) is 23.9. The molecule has 1 aromatic carbocycles. The van der Waals surface area contributed by atoms with Crippen LogP contribution in [0, 0.1) is 0 Å². The van der Waals surface area contributed by atoms with Crippen LogP contribution in [0.4, 0.5) is 0 Å². The second-order valence-electron chi connectivity index (χ2n) is 9.16. The Balaban J connectivity index is 1.17. The molecule has 0 spiro atoms. The van der Waals surface area contributed by atoms with Gasteiger partial charge in [0.15, 0.2) is 0 Å². The van der Waals surface area contributed by atoms with Crippen molar-refractivity contribution in [2.75, 3.05) is 13.1 Å². The first-order valence-electron chi connectivity index (χ1n) is 12.0. The third-order valence-corrected chi connectivity index (χ3v) is 8.36. The number of pyridine rings is 1. The minimum atomic E-state index is -0.193. The van der Waals surface area contributed by atoms with Gasteiger partial charge in [0.1, 0.15) is 12.2 Å². The molecule has 1 unspecified atom stereocenters. The van der Waals surface area contributed by atoms with Crippen LogP contribution in [0.1, 0.15) is 64.3 Å². The van der Waals surface area contributed by atoms with Gasteiger partial charge in [-0.15, -0.1) is 11.3 Å². The Morgan fingerprint density at radius 2 is 1.91 bits per heavy atom. The van der Waals surface area contributed by atoms with Crippen molar-refractivity contribution in [3.05, 3.63) is 84.6 Å². The summed E-state index contributed by atoms with van der Waals surface area (Å²) >= 11 is 4.87. The lowest BCUT2D eigenvalue weighted by atomic mass is 9.88. The topological polar surface area (TPSA) is 84.3 Å². The van der Waals surface area contributed by atoms with Crippen LogP contribution < -0.4 is 10.9 Å². The Hall–Kier alpha value is -2.78. The molecule has 1 aliphatic heterocycles. The number of amides is 2. The third-order valence-electron chi connectivity index (χ3n) is 6.88. The molecule has 1 aliphatic carbocycles. The molecule has 0 radical (unpaired) electrons. The van der Waals surface area contributed by atoms with Crippen molar-refractivity contribution in [2.45, 2.75) is 50.6 Å². The lowest BCUT2D eigenvalue weighted by Gasteiger charge is -2.31. The second kappa shape index (κ2) is 10.5. The van der Waals surface area contributed by atoms with Gasteiger partial charge in [0.2, 0.25) is 5.91 Å². The van der Waals surface area contributed by atoms with E-state index in [1.807, 2.05) is 16.3 Å². The number of hydrogen-bond acceptors (Lipinski definition) is 5. The summed E-state index contributed by atoms with van der Waals surface area (Å²) in [5.41, 5.74) is 2.81. The molecule has 35 heavy (non-hydrogen) atoms. The fourth-order valence-corrected chi connectivity index (χ4v) is 6.31. The zero-order valence-electron chi connectivity index (χ0n) is 19.3. The SMILES string of the molecule is O=C(NC1CCCc2ccccc21)c1csc(C2CCN(C(=O)Cn3cc(Br)ccc3=O)CC2)n1. The van der Waals surface area contributed by atoms with Crippen LogP contribution in [0.3, 0.4) is 0 Å². The van der Waals surface area contributed by atoms with Crippen LogP contribution in [0.5, 0.6) is 0 Å². The maximum Gasteiger partial charge on any atom is 0.271 e. The number of carbonyl (C=O) groups is 2. The fourth-order valence-electron chi connectivity index (χ4n) is 4.96. The summed E-state index contributed by atoms with van der Waals surface area (Å²) in [5.74, 6) is 0.0477. The molecule has 2 amide bonds. The molecule has 2 aromatic heterocycles. The number of fused-ring (bicyclic) bond motifs is 1. The van der Waals surface area contributed by atoms with Gasteiger partial charge in [0.25, 0.3) is 11.5 Å². The summed E-state index contributed by atoms with van der Waals surface area (Å²) in [5, 5.41) is 5.98. The summed E-state index contributed by atoms with van der Waals surface area (Å²) in [6.45, 7) is 1.27. The standard InChI is InChI=1S/C26H27BrN4O3S/c27-19-8-9-23(32)31(14-19)15-24(33)30-12-10-18(11-13-30)26-29-22(16-35-26)25(34)28-21-7-3-5-17-4-1-2-6-20(17)21/h1-2,4,6,8-9,14,16,18,21H,3,5,7,10-13,15H2,(H,28,34). The number of piperidine rings is 1. The van der Waals surface area contributed by atoms with Crippen LogP contribution >= 0.6 is 27.3 Å². The van der Waals surface area contributed by atoms with E-state index in [1.165, 1.54) is 33.1 Å². The van der Waals surface area contributed by atoms with Gasteiger partial charge < -0.3 is 14.8 Å². The number of benzene rings is 1. The largest absolute Gasteiger partial charge is 0.344 e. The Kier molecular flexibility index (Phi) is 7.15. The highest BCUT2D eigenvalue weighted by Gasteiger charge is 2.28. The van der Waals surface area contributed by atoms with E-state index in [2.05, 4.69) is 44.4 Å². The molecule has 9 heteroatoms. The predicted octanol–water partition coefficient (Wildman–Crippen LogP) is 4.28. The Morgan fingerprint density at radius 1 is 1.11 bits per heavy atom. The van der Waals surface area contributed by atoms with E-state index in [-0.39, 0.29) is 35.9 Å². The average Bonchev–Trinajstić information content (AvgIpc) is 3.37. The molecular formula is C26H27BrN4O3S. The van der Waals surface area contributed by atoms with E-state index in [0.717, 1.165) is 41.6 Å². The van der Waals surface area contributed by atoms with Crippen LogP contribution in [0.2, 0.25) is 0 Å². The molecular weight excluding hydrogens is 528 g/mol. The van der Waals surface area contributed by atoms with E-state index in [0.29, 0.717) is 18.8 Å². The number of rotatable bonds is 5. The van der Waals surface area contributed by atoms with E-state index in [1.54, 1.807) is 12.3 Å². The van der Waals surface area contributed by atoms with Gasteiger partial charge in [0, 0.05) is 41.1 Å². The number of aryl methyl sites for hydroxylation is 1. The smallest absolute Gasteiger partial charge is 0.271 e. The normalized spacial score (nSPS) is 18.2. The number of likely N-dealkylation sites (tertiary alicyclic amines) is 1. The second-order valence-corrected chi connectivity index (χ2v) is 11.0. The third kappa shape index (κ3) is 5.41. The van der Waals surface area contributed by atoms with Crippen molar-refractivity contribution in [2.24, 2.45) is 0 Å². The molecule has 3 aromatic rings. The Morgan fingerprint density at radius 3 is 2.74 bits per heavy atom. The molecule has 0 bridgehead atoms. The van der Waals surface area contributed by atoms with E-state index >= 15 is 0 Å². The first-order valence-corrected chi connectivity index (χ1v) is 13.6. The molecule has 0 saturated carbocycles. The monoisotopic (exact) mass is 554 g/mol. The van der Waals surface area contributed by atoms with Gasteiger partial charge in [-0.3, -0.25) is 14.4 Å². The number of halogens is 1. The van der Waals surface area contributed by atoms with Crippen LogP contribution in [-0.4, -0.2) is 39.4 Å². The first-order chi connectivity index (χ1) is 17.0. The minimum Gasteiger partial charge on any atom is -0.344 e. The Bertz CT molecular complexity index is 1300. The number of carbonyl (C=O) groups excluding carboxylic acids is 2. The van der Waals surface area contributed by atoms with E-state index in [4.69, 9.17) is 0 Å². The highest BCUT2D eigenvalue weighted by molar-refractivity contribution is 9.10. The van der Waals surface area contributed by atoms with Gasteiger partial charge in [-0.2, -0.15) is 0 Å². The zero-order valence-corrected chi connectivity index (χ0v) is 21.7. The molecule has 1 atom stereocenters. The van der Waals surface area contributed by atoms with Crippen molar-refractivity contribution < 1.29 is 9.59 Å². The average molecular weight is 555 g/mol. The zero-order chi connectivity index (χ0) is 24.4. The van der Waals surface area contributed by atoms with Crippen molar-refractivity contribution in [1.82, 2.24) is 19.8 Å². The summed E-state index contributed by atoms with van der Waals surface area (Å²) in [7, 11) is 0. The highest BCUT2D eigenvalue weighted by Crippen LogP contribution is 2.32. The summed E-state index contributed by atoms with van der Waals surface area (Å²) in [6.07, 6.45) is 6.30. The minimum absolute atomic E-state index is 0.0320. The molecule has 3 heterocycles. The maximum atomic E-state index is 12.9. The quantitative estimate of drug-likeness (QED) is 0.510. The molecule has 1 saturated heterocycles. The maximum absolute atomic E-state index is 12.9. The number of nitrogens with zero attached hydrogens (tertiary/aromatic N) is 3. The molecule has 7 nitrogen and oxygen atoms in total. The predicted molar refractivity (Wildman–Crippen MR) is 139 cm³/mol. The molecule has 1 fully saturated rings. The van der Waals surface area contributed by atoms with Gasteiger partial charge in [0.05, 0.1) is 11.0 Å². The summed E-state index contributed by atoms with van der Waals surface area (Å²) in [6, 6.07) is 11.5. The van der Waals surface area contributed by atoms with Gasteiger partial charge >= 0.3 is 0 Å². The summed E-state index contributed by atoms with van der Waals surface area (Å²) < 4.78 is 2.19. The number of hydrogen-bond donors (Lipinski definition) is 1. The van der Waals surface area contributed by atoms with Crippen LogP contribution in [0.25, 0.3) is 0 Å². The van der Waals surface area contributed by atoms with Gasteiger partial charge in [-0.1, -0.05) is 24.3 Å². The summed E-state index contributed by atoms with van der Waals surface area (Å²) in [4.78, 5) is 44.1. The van der Waals surface area contributed by atoms with Crippen molar-refractivity contribution in [1.29, 1.82) is 0 Å². The Labute approximate surface area is 216 Å². The molecule has 182 valence electrons. The van der Waals surface area contributed by atoms with Gasteiger partial charge in [-0.25, -0.2) is 4.98 Å². The van der Waals surface area contributed by atoms with Crippen LogP contribution in [-0.2, 0) is 17.8 Å². The lowest BCUT2D eigenvalue weighted by molar-refractivity contribution is -0.132. The molecule has 1 N–H and O–H groups in total. The highest BCUT2D eigenvalue weighted by atomic mass is 79.9. The van der Waals surface area contributed by atoms with Gasteiger partial charge in [-0.05, 0) is 65.2 Å². The fraction of sp³-hybridized carbons (Fsp3) is 0.385. The van der Waals surface area contributed by atoms with E-state index in [9.17, 15) is 14.4 Å². The number of thiazole rings is 1. The molecule has 5 rings (SSSR count). The lowest BCUT2D eigenvalue weighted by Crippen LogP contribution is -2.41. The number of aromatic nitrogens is 2.